The number of halogens is 4. The highest BCUT2D eigenvalue weighted by atomic mass is 19.4. The van der Waals surface area contributed by atoms with Crippen molar-refractivity contribution in [1.82, 2.24) is 15.0 Å². The maximum absolute atomic E-state index is 14.3. The van der Waals surface area contributed by atoms with Gasteiger partial charge < -0.3 is 15.7 Å². The summed E-state index contributed by atoms with van der Waals surface area (Å²) in [6.45, 7) is 3.57. The molecule has 0 amide bonds. The fraction of sp³-hybridized carbons (Fsp3) is 0.286. The highest BCUT2D eigenvalue weighted by Crippen LogP contribution is 2.37. The Morgan fingerprint density at radius 1 is 1.06 bits per heavy atom. The standard InChI is InChI=1S/C21H21F4N5O/c1-12(2)17(11-31)28-20-27-16(13-6-8-26-9-7-13)10-18(30-20)29-19-14(21(23,24)25)4-3-5-15(19)22/h3-10,12,17,31H,11H2,1-2H3,(H2,27,28,29,30)/t17-/m0/s1. The number of alkyl halides is 3. The van der Waals surface area contributed by atoms with Gasteiger partial charge in [0.05, 0.1) is 29.6 Å². The van der Waals surface area contributed by atoms with Crippen LogP contribution >= 0.6 is 0 Å². The molecule has 0 saturated heterocycles. The second-order valence-electron chi connectivity index (χ2n) is 7.16. The Balaban J connectivity index is 2.07. The summed E-state index contributed by atoms with van der Waals surface area (Å²) in [7, 11) is 0. The predicted octanol–water partition coefficient (Wildman–Crippen LogP) is 4.87. The molecule has 2 heterocycles. The number of nitrogens with zero attached hydrogens (tertiary/aromatic N) is 3. The maximum atomic E-state index is 14.3. The van der Waals surface area contributed by atoms with Crippen LogP contribution in [0.5, 0.6) is 0 Å². The molecule has 1 aromatic carbocycles. The number of aliphatic hydroxyl groups excluding tert-OH is 1. The molecular weight excluding hydrogens is 414 g/mol. The summed E-state index contributed by atoms with van der Waals surface area (Å²) in [5.41, 5.74) is -0.865. The van der Waals surface area contributed by atoms with Crippen LogP contribution in [-0.4, -0.2) is 32.7 Å². The minimum Gasteiger partial charge on any atom is -0.394 e. The first-order valence-corrected chi connectivity index (χ1v) is 9.48. The van der Waals surface area contributed by atoms with Crippen LogP contribution in [0.1, 0.15) is 19.4 Å². The first-order chi connectivity index (χ1) is 14.7. The molecule has 0 unspecified atom stereocenters. The highest BCUT2D eigenvalue weighted by Gasteiger charge is 2.35. The number of hydrogen-bond acceptors (Lipinski definition) is 6. The summed E-state index contributed by atoms with van der Waals surface area (Å²) in [6.07, 6.45) is -1.67. The van der Waals surface area contributed by atoms with Gasteiger partial charge in [-0.1, -0.05) is 19.9 Å². The molecule has 10 heteroatoms. The van der Waals surface area contributed by atoms with Crippen molar-refractivity contribution < 1.29 is 22.7 Å². The van der Waals surface area contributed by atoms with Gasteiger partial charge in [0.25, 0.3) is 0 Å². The van der Waals surface area contributed by atoms with E-state index in [2.05, 4.69) is 25.6 Å². The van der Waals surface area contributed by atoms with Crippen LogP contribution in [0.15, 0.2) is 48.8 Å². The molecule has 0 radical (unpaired) electrons. The summed E-state index contributed by atoms with van der Waals surface area (Å²) in [6, 6.07) is 7.08. The van der Waals surface area contributed by atoms with E-state index in [1.54, 1.807) is 24.5 Å². The van der Waals surface area contributed by atoms with E-state index in [0.717, 1.165) is 18.2 Å². The third kappa shape index (κ3) is 5.46. The number of hydrogen-bond donors (Lipinski definition) is 3. The van der Waals surface area contributed by atoms with Crippen molar-refractivity contribution in [2.24, 2.45) is 5.92 Å². The summed E-state index contributed by atoms with van der Waals surface area (Å²) >= 11 is 0. The van der Waals surface area contributed by atoms with E-state index in [1.165, 1.54) is 6.07 Å². The minimum absolute atomic E-state index is 0.0259. The lowest BCUT2D eigenvalue weighted by molar-refractivity contribution is -0.137. The number of aliphatic hydroxyl groups is 1. The van der Waals surface area contributed by atoms with Crippen LogP contribution in [-0.2, 0) is 6.18 Å². The second kappa shape index (κ2) is 9.25. The van der Waals surface area contributed by atoms with Crippen molar-refractivity contribution in [3.05, 3.63) is 60.2 Å². The SMILES string of the molecule is CC(C)[C@H](CO)Nc1nc(Nc2c(F)cccc2C(F)(F)F)cc(-c2ccncc2)n1. The fourth-order valence-corrected chi connectivity index (χ4v) is 2.85. The quantitative estimate of drug-likeness (QED) is 0.460. The van der Waals surface area contributed by atoms with Crippen LogP contribution in [0.3, 0.4) is 0 Å². The number of nitrogens with one attached hydrogen (secondary N) is 2. The molecule has 0 fully saturated rings. The maximum Gasteiger partial charge on any atom is 0.418 e. The van der Waals surface area contributed by atoms with Gasteiger partial charge in [-0.25, -0.2) is 9.37 Å². The van der Waals surface area contributed by atoms with E-state index in [1.807, 2.05) is 13.8 Å². The van der Waals surface area contributed by atoms with Crippen molar-refractivity contribution in [2.45, 2.75) is 26.1 Å². The van der Waals surface area contributed by atoms with Gasteiger partial charge >= 0.3 is 6.18 Å². The Bertz CT molecular complexity index is 1030. The Morgan fingerprint density at radius 2 is 1.77 bits per heavy atom. The highest BCUT2D eigenvalue weighted by molar-refractivity contribution is 5.69. The molecule has 31 heavy (non-hydrogen) atoms. The van der Waals surface area contributed by atoms with Crippen molar-refractivity contribution in [2.75, 3.05) is 17.2 Å². The Labute approximate surface area is 176 Å². The first kappa shape index (κ1) is 22.4. The molecular formula is C21H21F4N5O. The van der Waals surface area contributed by atoms with Gasteiger partial charge in [-0.3, -0.25) is 4.98 Å². The molecule has 1 atom stereocenters. The van der Waals surface area contributed by atoms with E-state index >= 15 is 0 Å². The van der Waals surface area contributed by atoms with Crippen molar-refractivity contribution in [3.8, 4) is 11.3 Å². The van der Waals surface area contributed by atoms with E-state index in [4.69, 9.17) is 0 Å². The number of aromatic nitrogens is 3. The van der Waals surface area contributed by atoms with Crippen molar-refractivity contribution in [1.29, 1.82) is 0 Å². The summed E-state index contributed by atoms with van der Waals surface area (Å²) in [4.78, 5) is 12.5. The average molecular weight is 435 g/mol. The number of rotatable bonds is 7. The smallest absolute Gasteiger partial charge is 0.394 e. The molecule has 3 N–H and O–H groups in total. The van der Waals surface area contributed by atoms with Crippen molar-refractivity contribution >= 4 is 17.5 Å². The Morgan fingerprint density at radius 3 is 2.39 bits per heavy atom. The van der Waals surface area contributed by atoms with Gasteiger partial charge in [-0.2, -0.15) is 18.2 Å². The van der Waals surface area contributed by atoms with Crippen LogP contribution in [0.25, 0.3) is 11.3 Å². The number of anilines is 3. The zero-order chi connectivity index (χ0) is 22.6. The zero-order valence-electron chi connectivity index (χ0n) is 16.8. The van der Waals surface area contributed by atoms with E-state index in [9.17, 15) is 22.7 Å². The van der Waals surface area contributed by atoms with Crippen LogP contribution < -0.4 is 10.6 Å². The Kier molecular flexibility index (Phi) is 6.69. The predicted molar refractivity (Wildman–Crippen MR) is 109 cm³/mol. The molecule has 2 aromatic heterocycles. The largest absolute Gasteiger partial charge is 0.418 e. The van der Waals surface area contributed by atoms with Gasteiger partial charge in [0.2, 0.25) is 5.95 Å². The van der Waals surface area contributed by atoms with Gasteiger partial charge in [0.15, 0.2) is 0 Å². The van der Waals surface area contributed by atoms with Crippen molar-refractivity contribution in [3.63, 3.8) is 0 Å². The molecule has 3 aromatic rings. The van der Waals surface area contributed by atoms with Crippen LogP contribution in [0.4, 0.5) is 35.0 Å². The molecule has 3 rings (SSSR count). The lowest BCUT2D eigenvalue weighted by Gasteiger charge is -2.21. The molecule has 0 aliphatic carbocycles. The number of pyridine rings is 1. The summed E-state index contributed by atoms with van der Waals surface area (Å²) in [5, 5.41) is 15.0. The van der Waals surface area contributed by atoms with E-state index in [-0.39, 0.29) is 30.3 Å². The van der Waals surface area contributed by atoms with Crippen LogP contribution in [0.2, 0.25) is 0 Å². The molecule has 164 valence electrons. The van der Waals surface area contributed by atoms with Crippen LogP contribution in [0, 0.1) is 11.7 Å². The molecule has 0 spiro atoms. The second-order valence-corrected chi connectivity index (χ2v) is 7.16. The molecule has 0 aliphatic heterocycles. The van der Waals surface area contributed by atoms with Gasteiger partial charge in [0.1, 0.15) is 11.6 Å². The zero-order valence-corrected chi connectivity index (χ0v) is 16.8. The molecule has 0 saturated carbocycles. The topological polar surface area (TPSA) is 83.0 Å². The minimum atomic E-state index is -4.76. The van der Waals surface area contributed by atoms with Gasteiger partial charge in [-0.15, -0.1) is 0 Å². The van der Waals surface area contributed by atoms with Gasteiger partial charge in [-0.05, 0) is 30.2 Å². The van der Waals surface area contributed by atoms with E-state index < -0.39 is 23.2 Å². The normalized spacial score (nSPS) is 12.6. The molecule has 0 bridgehead atoms. The third-order valence-corrected chi connectivity index (χ3v) is 4.59. The number of para-hydroxylation sites is 1. The van der Waals surface area contributed by atoms with E-state index in [0.29, 0.717) is 11.3 Å². The first-order valence-electron chi connectivity index (χ1n) is 9.48. The molecule has 6 nitrogen and oxygen atoms in total. The molecule has 0 aliphatic rings. The Hall–Kier alpha value is -3.27. The average Bonchev–Trinajstić information content (AvgIpc) is 2.73. The lowest BCUT2D eigenvalue weighted by Crippen LogP contribution is -2.30. The monoisotopic (exact) mass is 435 g/mol. The third-order valence-electron chi connectivity index (χ3n) is 4.59. The summed E-state index contributed by atoms with van der Waals surface area (Å²) in [5.74, 6) is -1.00. The fourth-order valence-electron chi connectivity index (χ4n) is 2.85. The summed E-state index contributed by atoms with van der Waals surface area (Å²) < 4.78 is 54.4. The number of benzene rings is 1. The van der Waals surface area contributed by atoms with Gasteiger partial charge in [0, 0.05) is 24.0 Å². The lowest BCUT2D eigenvalue weighted by atomic mass is 10.1.